The van der Waals surface area contributed by atoms with Crippen molar-refractivity contribution in [2.45, 2.75) is 31.6 Å². The topological polar surface area (TPSA) is 51.3 Å². The molecule has 5 rings (SSSR count). The minimum Gasteiger partial charge on any atom is -0.493 e. The first-order valence-electron chi connectivity index (χ1n) is 10.7. The molecular weight excluding hydrogens is 406 g/mol. The standard InChI is InChI=1S/C26H25NO3S/c1-29-20-13-12-19-22(18-10-5-9-17(15-18)16-7-3-4-8-16)23(21-11-6-14-31-21)26(28)27-24(19)25(20)30-2/h5-6,9-16H,3-4,7-8H2,1-2H3,(H,27,28). The summed E-state index contributed by atoms with van der Waals surface area (Å²) in [5.41, 5.74) is 4.62. The lowest BCUT2D eigenvalue weighted by Gasteiger charge is -2.17. The van der Waals surface area contributed by atoms with E-state index in [0.717, 1.165) is 21.4 Å². The molecule has 0 bridgehead atoms. The number of H-pyrrole nitrogens is 1. The fourth-order valence-electron chi connectivity index (χ4n) is 4.85. The number of hydrogen-bond acceptors (Lipinski definition) is 4. The number of aromatic amines is 1. The third kappa shape index (κ3) is 3.43. The van der Waals surface area contributed by atoms with Crippen molar-refractivity contribution in [2.75, 3.05) is 14.2 Å². The van der Waals surface area contributed by atoms with Crippen molar-refractivity contribution in [3.8, 4) is 33.1 Å². The van der Waals surface area contributed by atoms with Gasteiger partial charge in [-0.1, -0.05) is 43.2 Å². The number of nitrogens with one attached hydrogen (secondary N) is 1. The van der Waals surface area contributed by atoms with Crippen molar-refractivity contribution in [1.29, 1.82) is 0 Å². The lowest BCUT2D eigenvalue weighted by atomic mass is 9.90. The lowest BCUT2D eigenvalue weighted by molar-refractivity contribution is 0.358. The van der Waals surface area contributed by atoms with Crippen LogP contribution in [0.2, 0.25) is 0 Å². The molecule has 1 saturated carbocycles. The minimum atomic E-state index is -0.122. The van der Waals surface area contributed by atoms with Gasteiger partial charge in [0.15, 0.2) is 11.5 Å². The maximum Gasteiger partial charge on any atom is 0.257 e. The zero-order valence-corrected chi connectivity index (χ0v) is 18.6. The molecule has 1 fully saturated rings. The van der Waals surface area contributed by atoms with Crippen LogP contribution in [0.5, 0.6) is 11.5 Å². The Kier molecular flexibility index (Phi) is 5.28. The normalized spacial score (nSPS) is 14.3. The molecule has 0 atom stereocenters. The first-order chi connectivity index (χ1) is 15.2. The molecule has 158 valence electrons. The van der Waals surface area contributed by atoms with Gasteiger partial charge in [0.2, 0.25) is 0 Å². The second kappa shape index (κ2) is 8.23. The average Bonchev–Trinajstić information content (AvgIpc) is 3.52. The van der Waals surface area contributed by atoms with Gasteiger partial charge in [0.05, 0.1) is 25.3 Å². The molecule has 2 aromatic heterocycles. The lowest BCUT2D eigenvalue weighted by Crippen LogP contribution is -2.11. The largest absolute Gasteiger partial charge is 0.493 e. The molecule has 31 heavy (non-hydrogen) atoms. The van der Waals surface area contributed by atoms with Crippen LogP contribution in [0.4, 0.5) is 0 Å². The van der Waals surface area contributed by atoms with Crippen molar-refractivity contribution in [3.63, 3.8) is 0 Å². The SMILES string of the molecule is COc1ccc2c(-c3cccc(C4CCCC4)c3)c(-c3cccs3)c(=O)[nH]c2c1OC. The molecule has 2 aromatic carbocycles. The number of methoxy groups -OCH3 is 2. The number of pyridine rings is 1. The Labute approximate surface area is 185 Å². The van der Waals surface area contributed by atoms with E-state index >= 15 is 0 Å². The van der Waals surface area contributed by atoms with E-state index in [1.807, 2.05) is 29.6 Å². The highest BCUT2D eigenvalue weighted by atomic mass is 32.1. The Bertz CT molecular complexity index is 1280. The van der Waals surface area contributed by atoms with Gasteiger partial charge in [-0.2, -0.15) is 0 Å². The smallest absolute Gasteiger partial charge is 0.257 e. The van der Waals surface area contributed by atoms with E-state index in [4.69, 9.17) is 9.47 Å². The molecule has 2 heterocycles. The second-order valence-electron chi connectivity index (χ2n) is 8.01. The maximum atomic E-state index is 13.4. The van der Waals surface area contributed by atoms with Crippen molar-refractivity contribution >= 4 is 22.2 Å². The van der Waals surface area contributed by atoms with Gasteiger partial charge >= 0.3 is 0 Å². The number of thiophene rings is 1. The quantitative estimate of drug-likeness (QED) is 0.387. The molecule has 5 heteroatoms. The molecule has 0 unspecified atom stereocenters. The third-order valence-corrected chi connectivity index (χ3v) is 7.19. The molecule has 0 spiro atoms. The van der Waals surface area contributed by atoms with E-state index in [1.165, 1.54) is 31.2 Å². The fourth-order valence-corrected chi connectivity index (χ4v) is 5.62. The van der Waals surface area contributed by atoms with Gasteiger partial charge in [-0.15, -0.1) is 11.3 Å². The van der Waals surface area contributed by atoms with Crippen LogP contribution in [0.25, 0.3) is 32.5 Å². The second-order valence-corrected chi connectivity index (χ2v) is 8.96. The summed E-state index contributed by atoms with van der Waals surface area (Å²) in [6, 6.07) is 16.6. The van der Waals surface area contributed by atoms with Crippen LogP contribution in [0.1, 0.15) is 37.2 Å². The predicted octanol–water partition coefficient (Wildman–Crippen LogP) is 6.60. The molecule has 1 N–H and O–H groups in total. The van der Waals surface area contributed by atoms with Gasteiger partial charge in [-0.25, -0.2) is 0 Å². The van der Waals surface area contributed by atoms with Crippen LogP contribution in [0.3, 0.4) is 0 Å². The highest BCUT2D eigenvalue weighted by molar-refractivity contribution is 7.13. The minimum absolute atomic E-state index is 0.122. The zero-order chi connectivity index (χ0) is 21.4. The van der Waals surface area contributed by atoms with Gasteiger partial charge in [0, 0.05) is 15.8 Å². The van der Waals surface area contributed by atoms with E-state index in [9.17, 15) is 4.79 Å². The number of ether oxygens (including phenoxy) is 2. The molecule has 4 nitrogen and oxygen atoms in total. The van der Waals surface area contributed by atoms with Crippen molar-refractivity contribution in [1.82, 2.24) is 4.98 Å². The Morgan fingerprint density at radius 2 is 1.81 bits per heavy atom. The summed E-state index contributed by atoms with van der Waals surface area (Å²) < 4.78 is 11.1. The first-order valence-corrected chi connectivity index (χ1v) is 11.5. The van der Waals surface area contributed by atoms with Crippen molar-refractivity contribution in [3.05, 3.63) is 69.8 Å². The summed E-state index contributed by atoms with van der Waals surface area (Å²) in [5, 5.41) is 2.95. The average molecular weight is 432 g/mol. The van der Waals surface area contributed by atoms with Gasteiger partial charge in [0.1, 0.15) is 0 Å². The van der Waals surface area contributed by atoms with E-state index in [-0.39, 0.29) is 5.56 Å². The summed E-state index contributed by atoms with van der Waals surface area (Å²) in [4.78, 5) is 17.4. The van der Waals surface area contributed by atoms with Crippen LogP contribution in [-0.2, 0) is 0 Å². The zero-order valence-electron chi connectivity index (χ0n) is 17.7. The Morgan fingerprint density at radius 3 is 2.52 bits per heavy atom. The van der Waals surface area contributed by atoms with E-state index in [2.05, 4.69) is 29.2 Å². The number of aromatic nitrogens is 1. The first kappa shape index (κ1) is 19.9. The Morgan fingerprint density at radius 1 is 0.968 bits per heavy atom. The van der Waals surface area contributed by atoms with Crippen molar-refractivity contribution in [2.24, 2.45) is 0 Å². The maximum absolute atomic E-state index is 13.4. The molecule has 0 aliphatic heterocycles. The molecule has 1 aliphatic rings. The van der Waals surface area contributed by atoms with Crippen LogP contribution in [0.15, 0.2) is 58.7 Å². The van der Waals surface area contributed by atoms with Crippen LogP contribution in [0, 0.1) is 0 Å². The summed E-state index contributed by atoms with van der Waals surface area (Å²) >= 11 is 1.58. The van der Waals surface area contributed by atoms with Gasteiger partial charge < -0.3 is 14.5 Å². The molecule has 1 aliphatic carbocycles. The summed E-state index contributed by atoms with van der Waals surface area (Å²) in [7, 11) is 3.21. The Hall–Kier alpha value is -3.05. The summed E-state index contributed by atoms with van der Waals surface area (Å²) in [6.45, 7) is 0. The highest BCUT2D eigenvalue weighted by Gasteiger charge is 2.22. The van der Waals surface area contributed by atoms with Gasteiger partial charge in [-0.3, -0.25) is 4.79 Å². The fraction of sp³-hybridized carbons (Fsp3) is 0.269. The molecule has 4 aromatic rings. The van der Waals surface area contributed by atoms with E-state index in [1.54, 1.807) is 25.6 Å². The molecule has 0 radical (unpaired) electrons. The summed E-state index contributed by atoms with van der Waals surface area (Å²) in [5.74, 6) is 1.75. The van der Waals surface area contributed by atoms with Crippen molar-refractivity contribution < 1.29 is 9.47 Å². The Balaban J connectivity index is 1.84. The number of rotatable bonds is 5. The van der Waals surface area contributed by atoms with Crippen LogP contribution < -0.4 is 15.0 Å². The number of hydrogen-bond donors (Lipinski definition) is 1. The summed E-state index contributed by atoms with van der Waals surface area (Å²) in [6.07, 6.45) is 5.06. The molecule has 0 amide bonds. The number of benzene rings is 2. The van der Waals surface area contributed by atoms with Gasteiger partial charge in [-0.05, 0) is 53.5 Å². The number of fused-ring (bicyclic) bond motifs is 1. The molecular formula is C26H25NO3S. The van der Waals surface area contributed by atoms with Crippen LogP contribution >= 0.6 is 11.3 Å². The highest BCUT2D eigenvalue weighted by Crippen LogP contribution is 2.43. The monoisotopic (exact) mass is 431 g/mol. The van der Waals surface area contributed by atoms with E-state index in [0.29, 0.717) is 28.5 Å². The van der Waals surface area contributed by atoms with Crippen LogP contribution in [-0.4, -0.2) is 19.2 Å². The van der Waals surface area contributed by atoms with Gasteiger partial charge in [0.25, 0.3) is 5.56 Å². The third-order valence-electron chi connectivity index (χ3n) is 6.30. The predicted molar refractivity (Wildman–Crippen MR) is 128 cm³/mol. The molecule has 0 saturated heterocycles. The van der Waals surface area contributed by atoms with E-state index < -0.39 is 0 Å².